The van der Waals surface area contributed by atoms with E-state index in [2.05, 4.69) is 49.0 Å². The normalized spacial score (nSPS) is 24.9. The molecule has 5 nitrogen and oxygen atoms in total. The van der Waals surface area contributed by atoms with Gasteiger partial charge in [0.2, 0.25) is 0 Å². The van der Waals surface area contributed by atoms with E-state index >= 15 is 0 Å². The van der Waals surface area contributed by atoms with E-state index in [4.69, 9.17) is 10.5 Å². The Labute approximate surface area is 148 Å². The maximum Gasteiger partial charge on any atom is 0.409 e. The van der Waals surface area contributed by atoms with Crippen molar-refractivity contribution in [1.82, 2.24) is 4.90 Å². The van der Waals surface area contributed by atoms with Gasteiger partial charge < -0.3 is 15.4 Å². The molecule has 5 heteroatoms. The Kier molecular flexibility index (Phi) is 3.51. The number of hydrogen-bond donors (Lipinski definition) is 1. The lowest BCUT2D eigenvalue weighted by molar-refractivity contribution is 0.211. The minimum atomic E-state index is -0.794. The molecule has 0 aliphatic carbocycles. The number of para-hydroxylation sites is 1. The SMILES string of the molecule is CN1CC[C@]2(C)c3cc(-c4ccccc4OC(N)=O)ccc3N(C)C12. The van der Waals surface area contributed by atoms with E-state index in [1.54, 1.807) is 6.07 Å². The number of nitrogens with two attached hydrogens (primary N) is 1. The van der Waals surface area contributed by atoms with Crippen LogP contribution in [0.15, 0.2) is 42.5 Å². The highest BCUT2D eigenvalue weighted by Gasteiger charge is 2.52. The molecule has 0 spiro atoms. The van der Waals surface area contributed by atoms with Crippen LogP contribution < -0.4 is 15.4 Å². The Morgan fingerprint density at radius 2 is 2.00 bits per heavy atom. The molecule has 0 aromatic heterocycles. The third-order valence-electron chi connectivity index (χ3n) is 5.74. The number of likely N-dealkylation sites (N-methyl/N-ethyl adjacent to an activating group) is 2. The van der Waals surface area contributed by atoms with Gasteiger partial charge in [0.15, 0.2) is 0 Å². The van der Waals surface area contributed by atoms with Gasteiger partial charge in [0.25, 0.3) is 0 Å². The van der Waals surface area contributed by atoms with Crippen LogP contribution in [0, 0.1) is 0 Å². The van der Waals surface area contributed by atoms with Crippen molar-refractivity contribution in [2.45, 2.75) is 24.9 Å². The molecule has 2 atom stereocenters. The van der Waals surface area contributed by atoms with Gasteiger partial charge in [-0.3, -0.25) is 4.90 Å². The van der Waals surface area contributed by atoms with E-state index in [1.165, 1.54) is 11.3 Å². The molecule has 4 rings (SSSR count). The molecule has 0 bridgehead atoms. The van der Waals surface area contributed by atoms with Crippen LogP contribution in [0.25, 0.3) is 11.1 Å². The predicted molar refractivity (Wildman–Crippen MR) is 98.9 cm³/mol. The summed E-state index contributed by atoms with van der Waals surface area (Å²) in [6.07, 6.45) is 0.724. The molecule has 2 heterocycles. The number of likely N-dealkylation sites (tertiary alicyclic amines) is 1. The maximum absolute atomic E-state index is 11.2. The number of fused-ring (bicyclic) bond motifs is 3. The number of hydrogen-bond acceptors (Lipinski definition) is 4. The van der Waals surface area contributed by atoms with Gasteiger partial charge >= 0.3 is 6.09 Å². The lowest BCUT2D eigenvalue weighted by Crippen LogP contribution is -2.45. The van der Waals surface area contributed by atoms with E-state index < -0.39 is 6.09 Å². The summed E-state index contributed by atoms with van der Waals surface area (Å²) in [7, 11) is 4.36. The second-order valence-electron chi connectivity index (χ2n) is 7.28. The first-order chi connectivity index (χ1) is 11.9. The first-order valence-corrected chi connectivity index (χ1v) is 8.56. The van der Waals surface area contributed by atoms with Crippen LogP contribution in [0.4, 0.5) is 10.5 Å². The fourth-order valence-corrected chi connectivity index (χ4v) is 4.65. The molecular weight excluding hydrogens is 314 g/mol. The van der Waals surface area contributed by atoms with Crippen LogP contribution in [-0.2, 0) is 5.41 Å². The average Bonchev–Trinajstić information content (AvgIpc) is 3.00. The second kappa shape index (κ2) is 5.49. The van der Waals surface area contributed by atoms with E-state index in [9.17, 15) is 4.79 Å². The number of ether oxygens (including phenoxy) is 1. The number of amides is 1. The Bertz CT molecular complexity index is 851. The zero-order valence-corrected chi connectivity index (χ0v) is 14.8. The average molecular weight is 337 g/mol. The van der Waals surface area contributed by atoms with Crippen molar-refractivity contribution in [1.29, 1.82) is 0 Å². The van der Waals surface area contributed by atoms with E-state index in [-0.39, 0.29) is 5.41 Å². The van der Waals surface area contributed by atoms with Crippen LogP contribution in [0.3, 0.4) is 0 Å². The number of primary amides is 1. The highest BCUT2D eigenvalue weighted by Crippen LogP contribution is 2.52. The molecular formula is C20H23N3O2. The molecule has 1 saturated heterocycles. The summed E-state index contributed by atoms with van der Waals surface area (Å²) < 4.78 is 5.19. The van der Waals surface area contributed by atoms with Crippen molar-refractivity contribution in [3.63, 3.8) is 0 Å². The van der Waals surface area contributed by atoms with Crippen LogP contribution in [0.1, 0.15) is 18.9 Å². The van der Waals surface area contributed by atoms with E-state index in [0.29, 0.717) is 11.9 Å². The summed E-state index contributed by atoms with van der Waals surface area (Å²) in [6.45, 7) is 3.44. The van der Waals surface area contributed by atoms with Crippen molar-refractivity contribution in [2.75, 3.05) is 25.5 Å². The van der Waals surface area contributed by atoms with Gasteiger partial charge in [0.1, 0.15) is 5.75 Å². The van der Waals surface area contributed by atoms with Gasteiger partial charge in [0.05, 0.1) is 6.17 Å². The molecule has 2 N–H and O–H groups in total. The quantitative estimate of drug-likeness (QED) is 0.914. The minimum absolute atomic E-state index is 0.105. The summed E-state index contributed by atoms with van der Waals surface area (Å²) in [6, 6.07) is 14.0. The van der Waals surface area contributed by atoms with Crippen molar-refractivity contribution < 1.29 is 9.53 Å². The summed E-state index contributed by atoms with van der Waals surface area (Å²) >= 11 is 0. The molecule has 2 aliphatic heterocycles. The van der Waals surface area contributed by atoms with Gasteiger partial charge in [-0.1, -0.05) is 31.2 Å². The van der Waals surface area contributed by atoms with Crippen LogP contribution in [-0.4, -0.2) is 37.8 Å². The zero-order chi connectivity index (χ0) is 17.8. The molecule has 0 saturated carbocycles. The number of anilines is 1. The Hall–Kier alpha value is -2.53. The van der Waals surface area contributed by atoms with Crippen molar-refractivity contribution in [3.8, 4) is 16.9 Å². The Morgan fingerprint density at radius 3 is 2.76 bits per heavy atom. The monoisotopic (exact) mass is 337 g/mol. The third-order valence-corrected chi connectivity index (χ3v) is 5.74. The maximum atomic E-state index is 11.2. The minimum Gasteiger partial charge on any atom is -0.410 e. The van der Waals surface area contributed by atoms with E-state index in [1.807, 2.05) is 18.2 Å². The van der Waals surface area contributed by atoms with Crippen LogP contribution in [0.5, 0.6) is 5.75 Å². The van der Waals surface area contributed by atoms with E-state index in [0.717, 1.165) is 24.1 Å². The summed E-state index contributed by atoms with van der Waals surface area (Å²) in [5, 5.41) is 0. The van der Waals surface area contributed by atoms with Gasteiger partial charge in [-0.05, 0) is 42.8 Å². The largest absolute Gasteiger partial charge is 0.410 e. The number of benzene rings is 2. The number of carbonyl (C=O) groups excluding carboxylic acids is 1. The fourth-order valence-electron chi connectivity index (χ4n) is 4.65. The highest BCUT2D eigenvalue weighted by molar-refractivity contribution is 5.79. The highest BCUT2D eigenvalue weighted by atomic mass is 16.5. The number of carbonyl (C=O) groups is 1. The van der Waals surface area contributed by atoms with Crippen LogP contribution >= 0.6 is 0 Å². The molecule has 25 heavy (non-hydrogen) atoms. The first kappa shape index (κ1) is 16.0. The van der Waals surface area contributed by atoms with Crippen molar-refractivity contribution in [3.05, 3.63) is 48.0 Å². The van der Waals surface area contributed by atoms with Gasteiger partial charge in [-0.15, -0.1) is 0 Å². The first-order valence-electron chi connectivity index (χ1n) is 8.56. The Morgan fingerprint density at radius 1 is 1.24 bits per heavy atom. The van der Waals surface area contributed by atoms with Crippen LogP contribution in [0.2, 0.25) is 0 Å². The van der Waals surface area contributed by atoms with Gasteiger partial charge in [0, 0.05) is 30.3 Å². The number of rotatable bonds is 2. The predicted octanol–water partition coefficient (Wildman–Crippen LogP) is 3.18. The van der Waals surface area contributed by atoms with Crippen molar-refractivity contribution in [2.24, 2.45) is 5.73 Å². The standard InChI is InChI=1S/C20H23N3O2/c1-20-10-11-22(2)18(20)23(3)16-9-8-13(12-15(16)20)14-6-4-5-7-17(14)25-19(21)24/h4-9,12,18H,10-11H2,1-3H3,(H2,21,24)/t18?,20-/m1/s1. The molecule has 0 radical (unpaired) electrons. The third kappa shape index (κ3) is 2.30. The molecule has 1 amide bonds. The molecule has 2 aromatic rings. The fraction of sp³-hybridized carbons (Fsp3) is 0.350. The summed E-state index contributed by atoms with van der Waals surface area (Å²) in [4.78, 5) is 16.0. The number of nitrogens with zero attached hydrogens (tertiary/aromatic N) is 2. The van der Waals surface area contributed by atoms with Gasteiger partial charge in [-0.25, -0.2) is 4.79 Å². The lowest BCUT2D eigenvalue weighted by Gasteiger charge is -2.32. The summed E-state index contributed by atoms with van der Waals surface area (Å²) in [5.41, 5.74) is 9.87. The Balaban J connectivity index is 1.82. The molecule has 2 aromatic carbocycles. The van der Waals surface area contributed by atoms with Crippen molar-refractivity contribution >= 4 is 11.8 Å². The topological polar surface area (TPSA) is 58.8 Å². The van der Waals surface area contributed by atoms with Gasteiger partial charge in [-0.2, -0.15) is 0 Å². The second-order valence-corrected chi connectivity index (χ2v) is 7.28. The lowest BCUT2D eigenvalue weighted by atomic mass is 9.80. The molecule has 1 unspecified atom stereocenters. The molecule has 1 fully saturated rings. The molecule has 2 aliphatic rings. The summed E-state index contributed by atoms with van der Waals surface area (Å²) in [5.74, 6) is 0.492. The smallest absolute Gasteiger partial charge is 0.409 e. The molecule has 130 valence electrons. The zero-order valence-electron chi connectivity index (χ0n) is 14.8.